The molecule has 2 saturated heterocycles. The zero-order chi connectivity index (χ0) is 23.2. The maximum atomic E-state index is 11.4. The average Bonchev–Trinajstić information content (AvgIpc) is 2.85. The quantitative estimate of drug-likeness (QED) is 0.443. The maximum Gasteiger partial charge on any atom is 0.269 e. The van der Waals surface area contributed by atoms with Crippen LogP contribution in [0.4, 0.5) is 11.4 Å². The molecule has 33 heavy (non-hydrogen) atoms. The molecule has 0 spiro atoms. The number of likely N-dealkylation sites (N-methyl/N-ethyl adjacent to an activating group) is 1. The zero-order valence-electron chi connectivity index (χ0n) is 19.9. The number of hydrogen-bond donors (Lipinski definition) is 0. The van der Waals surface area contributed by atoms with E-state index in [-0.39, 0.29) is 10.6 Å². The SMILES string of the molecule is COc1ccccc1C1CCN(c2ccc([N+](=O)[O-])cc2CCCN2CCN(C)CC2)CC1. The smallest absolute Gasteiger partial charge is 0.269 e. The lowest BCUT2D eigenvalue weighted by molar-refractivity contribution is -0.384. The largest absolute Gasteiger partial charge is 0.496 e. The van der Waals surface area contributed by atoms with E-state index in [0.29, 0.717) is 5.92 Å². The second kappa shape index (κ2) is 11.0. The predicted octanol–water partition coefficient (Wildman–Crippen LogP) is 4.17. The molecule has 4 rings (SSSR count). The lowest BCUT2D eigenvalue weighted by Gasteiger charge is -2.35. The average molecular weight is 453 g/mol. The summed E-state index contributed by atoms with van der Waals surface area (Å²) in [6.07, 6.45) is 4.00. The zero-order valence-corrected chi connectivity index (χ0v) is 19.9. The van der Waals surface area contributed by atoms with E-state index in [1.54, 1.807) is 19.2 Å². The molecular formula is C26H36N4O3. The maximum absolute atomic E-state index is 11.4. The standard InChI is InChI=1S/C26H36N4O3/c1-27-16-18-28(19-17-27)13-5-6-22-20-23(30(31)32)9-10-25(22)29-14-11-21(12-15-29)24-7-3-4-8-26(24)33-2/h3-4,7-10,20-21H,5-6,11-19H2,1-2H3. The van der Waals surface area contributed by atoms with Crippen molar-refractivity contribution in [3.63, 3.8) is 0 Å². The van der Waals surface area contributed by atoms with E-state index in [9.17, 15) is 10.1 Å². The lowest BCUT2D eigenvalue weighted by atomic mass is 9.88. The van der Waals surface area contributed by atoms with Crippen LogP contribution in [0.1, 0.15) is 36.3 Å². The first-order chi connectivity index (χ1) is 16.0. The van der Waals surface area contributed by atoms with Crippen LogP contribution in [0.5, 0.6) is 5.75 Å². The number of benzene rings is 2. The second-order valence-electron chi connectivity index (χ2n) is 9.32. The topological polar surface area (TPSA) is 62.1 Å². The fraction of sp³-hybridized carbons (Fsp3) is 0.538. The van der Waals surface area contributed by atoms with Crippen molar-refractivity contribution in [3.8, 4) is 5.75 Å². The van der Waals surface area contributed by atoms with Crippen LogP contribution in [-0.4, -0.2) is 74.7 Å². The minimum Gasteiger partial charge on any atom is -0.496 e. The van der Waals surface area contributed by atoms with Crippen LogP contribution >= 0.6 is 0 Å². The molecule has 2 aromatic carbocycles. The van der Waals surface area contributed by atoms with Crippen LogP contribution < -0.4 is 9.64 Å². The van der Waals surface area contributed by atoms with E-state index < -0.39 is 0 Å². The van der Waals surface area contributed by atoms with Gasteiger partial charge in [-0.05, 0) is 68.5 Å². The molecule has 2 aliphatic heterocycles. The van der Waals surface area contributed by atoms with Gasteiger partial charge in [-0.1, -0.05) is 18.2 Å². The number of methoxy groups -OCH3 is 1. The highest BCUT2D eigenvalue weighted by Gasteiger charge is 2.25. The van der Waals surface area contributed by atoms with Gasteiger partial charge >= 0.3 is 0 Å². The normalized spacial score (nSPS) is 18.4. The van der Waals surface area contributed by atoms with Crippen molar-refractivity contribution in [3.05, 3.63) is 63.7 Å². The molecule has 2 aliphatic rings. The van der Waals surface area contributed by atoms with Crippen molar-refractivity contribution < 1.29 is 9.66 Å². The molecule has 0 amide bonds. The number of anilines is 1. The van der Waals surface area contributed by atoms with E-state index in [2.05, 4.69) is 33.9 Å². The van der Waals surface area contributed by atoms with Crippen molar-refractivity contribution in [1.82, 2.24) is 9.80 Å². The van der Waals surface area contributed by atoms with Crippen molar-refractivity contribution in [1.29, 1.82) is 0 Å². The Balaban J connectivity index is 1.42. The fourth-order valence-corrected chi connectivity index (χ4v) is 5.19. The van der Waals surface area contributed by atoms with E-state index in [1.807, 2.05) is 18.2 Å². The number of hydrogen-bond acceptors (Lipinski definition) is 6. The van der Waals surface area contributed by atoms with Crippen molar-refractivity contribution in [2.45, 2.75) is 31.6 Å². The highest BCUT2D eigenvalue weighted by Crippen LogP contribution is 2.37. The molecule has 2 aromatic rings. The summed E-state index contributed by atoms with van der Waals surface area (Å²) >= 11 is 0. The third-order valence-electron chi connectivity index (χ3n) is 7.20. The molecule has 0 radical (unpaired) electrons. The summed E-state index contributed by atoms with van der Waals surface area (Å²) in [5, 5.41) is 11.4. The van der Waals surface area contributed by atoms with Crippen LogP contribution in [0.2, 0.25) is 0 Å². The first-order valence-corrected chi connectivity index (χ1v) is 12.1. The molecule has 0 aromatic heterocycles. The molecule has 0 atom stereocenters. The van der Waals surface area contributed by atoms with Crippen LogP contribution in [0.3, 0.4) is 0 Å². The number of nitro groups is 1. The monoisotopic (exact) mass is 452 g/mol. The van der Waals surface area contributed by atoms with Gasteiger partial charge in [0.2, 0.25) is 0 Å². The first-order valence-electron chi connectivity index (χ1n) is 12.1. The van der Waals surface area contributed by atoms with E-state index >= 15 is 0 Å². The van der Waals surface area contributed by atoms with Gasteiger partial charge < -0.3 is 19.4 Å². The number of rotatable bonds is 8. The Morgan fingerprint density at radius 1 is 1.03 bits per heavy atom. The number of aryl methyl sites for hydroxylation is 1. The summed E-state index contributed by atoms with van der Waals surface area (Å²) in [5.41, 5.74) is 3.75. The molecule has 0 aliphatic carbocycles. The highest BCUT2D eigenvalue weighted by atomic mass is 16.6. The van der Waals surface area contributed by atoms with Gasteiger partial charge in [-0.3, -0.25) is 10.1 Å². The summed E-state index contributed by atoms with van der Waals surface area (Å²) in [4.78, 5) is 18.4. The third-order valence-corrected chi connectivity index (χ3v) is 7.20. The lowest BCUT2D eigenvalue weighted by Crippen LogP contribution is -2.44. The number of piperidine rings is 1. The summed E-state index contributed by atoms with van der Waals surface area (Å²) in [5.74, 6) is 1.45. The van der Waals surface area contributed by atoms with Gasteiger partial charge in [-0.2, -0.15) is 0 Å². The molecule has 0 saturated carbocycles. The van der Waals surface area contributed by atoms with Crippen LogP contribution in [0.15, 0.2) is 42.5 Å². The summed E-state index contributed by atoms with van der Waals surface area (Å²) in [7, 11) is 3.91. The number of piperazine rings is 1. The number of non-ortho nitro benzene ring substituents is 1. The van der Waals surface area contributed by atoms with Gasteiger partial charge in [-0.15, -0.1) is 0 Å². The second-order valence-corrected chi connectivity index (χ2v) is 9.32. The van der Waals surface area contributed by atoms with Gasteiger partial charge in [0.15, 0.2) is 0 Å². The fourth-order valence-electron chi connectivity index (χ4n) is 5.19. The number of para-hydroxylation sites is 1. The van der Waals surface area contributed by atoms with Gasteiger partial charge in [0, 0.05) is 57.1 Å². The van der Waals surface area contributed by atoms with Gasteiger partial charge in [0.05, 0.1) is 12.0 Å². The number of ether oxygens (including phenoxy) is 1. The predicted molar refractivity (Wildman–Crippen MR) is 133 cm³/mol. The number of nitro benzene ring substituents is 1. The van der Waals surface area contributed by atoms with Gasteiger partial charge in [0.25, 0.3) is 5.69 Å². The Hall–Kier alpha value is -2.64. The minimum atomic E-state index is -0.276. The van der Waals surface area contributed by atoms with Crippen LogP contribution in [-0.2, 0) is 6.42 Å². The Labute approximate surface area is 197 Å². The summed E-state index contributed by atoms with van der Waals surface area (Å²) in [6.45, 7) is 7.39. The van der Waals surface area contributed by atoms with E-state index in [4.69, 9.17) is 4.74 Å². The van der Waals surface area contributed by atoms with Crippen molar-refractivity contribution in [2.24, 2.45) is 0 Å². The minimum absolute atomic E-state index is 0.192. The van der Waals surface area contributed by atoms with Crippen LogP contribution in [0.25, 0.3) is 0 Å². The number of nitrogens with zero attached hydrogens (tertiary/aromatic N) is 4. The Bertz CT molecular complexity index is 935. The molecule has 0 unspecified atom stereocenters. The first kappa shape index (κ1) is 23.5. The molecule has 7 heteroatoms. The molecule has 178 valence electrons. The van der Waals surface area contributed by atoms with Crippen molar-refractivity contribution >= 4 is 11.4 Å². The molecule has 7 nitrogen and oxygen atoms in total. The Morgan fingerprint density at radius 3 is 2.45 bits per heavy atom. The molecular weight excluding hydrogens is 416 g/mol. The Morgan fingerprint density at radius 2 is 1.76 bits per heavy atom. The molecule has 2 heterocycles. The van der Waals surface area contributed by atoms with Gasteiger partial charge in [-0.25, -0.2) is 0 Å². The van der Waals surface area contributed by atoms with E-state index in [0.717, 1.165) is 88.5 Å². The summed E-state index contributed by atoms with van der Waals surface area (Å²) < 4.78 is 5.58. The Kier molecular flexibility index (Phi) is 7.83. The van der Waals surface area contributed by atoms with Crippen LogP contribution in [0, 0.1) is 10.1 Å². The highest BCUT2D eigenvalue weighted by molar-refractivity contribution is 5.58. The third kappa shape index (κ3) is 5.84. The summed E-state index contributed by atoms with van der Waals surface area (Å²) in [6, 6.07) is 13.7. The van der Waals surface area contributed by atoms with Crippen molar-refractivity contribution in [2.75, 3.05) is 64.9 Å². The van der Waals surface area contributed by atoms with E-state index in [1.165, 1.54) is 5.56 Å². The molecule has 0 bridgehead atoms. The molecule has 2 fully saturated rings. The molecule has 0 N–H and O–H groups in total. The van der Waals surface area contributed by atoms with Gasteiger partial charge in [0.1, 0.15) is 5.75 Å².